The highest BCUT2D eigenvalue weighted by Gasteiger charge is 2.16. The van der Waals surface area contributed by atoms with Gasteiger partial charge in [0.25, 0.3) is 0 Å². The van der Waals surface area contributed by atoms with Gasteiger partial charge in [-0.2, -0.15) is 8.78 Å². The molecule has 0 radical (unpaired) electrons. The van der Waals surface area contributed by atoms with Gasteiger partial charge in [0, 0.05) is 11.6 Å². The highest BCUT2D eigenvalue weighted by atomic mass is 19.3. The number of aromatic hydroxyl groups is 1. The Labute approximate surface area is 88.1 Å². The fourth-order valence-corrected chi connectivity index (χ4v) is 1.35. The first-order valence-corrected chi connectivity index (χ1v) is 4.30. The Hall–Kier alpha value is -1.98. The third kappa shape index (κ3) is 1.73. The summed E-state index contributed by atoms with van der Waals surface area (Å²) < 4.78 is 41.4. The smallest absolute Gasteiger partial charge is 0.387 e. The Morgan fingerprint density at radius 2 is 2.00 bits per heavy atom. The molecule has 0 aliphatic rings. The van der Waals surface area contributed by atoms with E-state index in [0.717, 1.165) is 6.07 Å². The predicted octanol–water partition coefficient (Wildman–Crippen LogP) is 2.68. The van der Waals surface area contributed by atoms with Crippen molar-refractivity contribution >= 4 is 10.9 Å². The summed E-state index contributed by atoms with van der Waals surface area (Å²) >= 11 is 0. The molecule has 3 nitrogen and oxygen atoms in total. The zero-order valence-electron chi connectivity index (χ0n) is 7.82. The minimum Gasteiger partial charge on any atom is -0.507 e. The lowest BCUT2D eigenvalue weighted by Crippen LogP contribution is -2.04. The number of nitrogens with zero attached hydrogens (tertiary/aromatic N) is 1. The normalized spacial score (nSPS) is 11.0. The van der Waals surface area contributed by atoms with Crippen molar-refractivity contribution in [3.63, 3.8) is 0 Å². The van der Waals surface area contributed by atoms with Crippen molar-refractivity contribution in [1.29, 1.82) is 0 Å². The van der Waals surface area contributed by atoms with Crippen molar-refractivity contribution in [2.24, 2.45) is 0 Å². The van der Waals surface area contributed by atoms with Gasteiger partial charge >= 0.3 is 6.61 Å². The third-order valence-corrected chi connectivity index (χ3v) is 2.00. The molecule has 2 rings (SSSR count). The predicted molar refractivity (Wildman–Crippen MR) is 50.0 cm³/mol. The number of hydrogen-bond donors (Lipinski definition) is 1. The molecule has 0 spiro atoms. The third-order valence-electron chi connectivity index (χ3n) is 2.00. The molecule has 84 valence electrons. The molecule has 0 bridgehead atoms. The molecule has 1 aromatic carbocycles. The summed E-state index contributed by atoms with van der Waals surface area (Å²) in [5.74, 6) is -1.79. The van der Waals surface area contributed by atoms with E-state index in [1.54, 1.807) is 0 Å². The average molecular weight is 229 g/mol. The van der Waals surface area contributed by atoms with Gasteiger partial charge in [0.1, 0.15) is 11.3 Å². The summed E-state index contributed by atoms with van der Waals surface area (Å²) in [7, 11) is 0. The van der Waals surface area contributed by atoms with Gasteiger partial charge < -0.3 is 9.84 Å². The number of ether oxygens (including phenoxy) is 1. The maximum Gasteiger partial charge on any atom is 0.387 e. The van der Waals surface area contributed by atoms with E-state index in [1.807, 2.05) is 0 Å². The Balaban J connectivity index is 2.69. The molecule has 1 aromatic heterocycles. The van der Waals surface area contributed by atoms with Crippen LogP contribution in [0.3, 0.4) is 0 Å². The number of fused-ring (bicyclic) bond motifs is 1. The highest BCUT2D eigenvalue weighted by Crippen LogP contribution is 2.32. The Kier molecular flexibility index (Phi) is 2.55. The van der Waals surface area contributed by atoms with Gasteiger partial charge in [-0.3, -0.25) is 4.98 Å². The maximum atomic E-state index is 13.2. The Morgan fingerprint density at radius 1 is 1.25 bits per heavy atom. The summed E-state index contributed by atoms with van der Waals surface area (Å²) in [6.07, 6.45) is 1.18. The molecule has 0 aliphatic heterocycles. The van der Waals surface area contributed by atoms with Crippen LogP contribution in [0.4, 0.5) is 13.2 Å². The Morgan fingerprint density at radius 3 is 2.69 bits per heavy atom. The van der Waals surface area contributed by atoms with Gasteiger partial charge in [0.05, 0.1) is 0 Å². The van der Waals surface area contributed by atoms with Crippen LogP contribution in [-0.2, 0) is 0 Å². The zero-order valence-corrected chi connectivity index (χ0v) is 7.82. The molecule has 0 amide bonds. The number of benzene rings is 1. The Bertz CT molecular complexity index is 531. The molecule has 1 heterocycles. The molecule has 0 aliphatic carbocycles. The highest BCUT2D eigenvalue weighted by molar-refractivity contribution is 5.89. The van der Waals surface area contributed by atoms with Crippen LogP contribution in [0.2, 0.25) is 0 Å². The summed E-state index contributed by atoms with van der Waals surface area (Å²) in [4.78, 5) is 3.70. The number of hydrogen-bond acceptors (Lipinski definition) is 3. The van der Waals surface area contributed by atoms with E-state index >= 15 is 0 Å². The van der Waals surface area contributed by atoms with Crippen LogP contribution in [0.15, 0.2) is 24.4 Å². The summed E-state index contributed by atoms with van der Waals surface area (Å²) in [5, 5.41) is 9.57. The van der Waals surface area contributed by atoms with Crippen LogP contribution < -0.4 is 4.74 Å². The fourth-order valence-electron chi connectivity index (χ4n) is 1.35. The lowest BCUT2D eigenvalue weighted by Gasteiger charge is -2.08. The first-order valence-electron chi connectivity index (χ1n) is 4.30. The van der Waals surface area contributed by atoms with Crippen molar-refractivity contribution < 1.29 is 23.0 Å². The number of pyridine rings is 1. The molecule has 0 fully saturated rings. The van der Waals surface area contributed by atoms with E-state index in [4.69, 9.17) is 0 Å². The van der Waals surface area contributed by atoms with Crippen molar-refractivity contribution in [3.05, 3.63) is 30.2 Å². The summed E-state index contributed by atoms with van der Waals surface area (Å²) in [5.41, 5.74) is -0.139. The number of halogens is 3. The van der Waals surface area contributed by atoms with E-state index in [0.29, 0.717) is 0 Å². The fraction of sp³-hybridized carbons (Fsp3) is 0.100. The molecule has 6 heteroatoms. The maximum absolute atomic E-state index is 13.2. The second-order valence-corrected chi connectivity index (χ2v) is 2.98. The largest absolute Gasteiger partial charge is 0.507 e. The van der Waals surface area contributed by atoms with Crippen LogP contribution in [-0.4, -0.2) is 16.7 Å². The van der Waals surface area contributed by atoms with Gasteiger partial charge in [-0.15, -0.1) is 0 Å². The van der Waals surface area contributed by atoms with Crippen LogP contribution in [0.1, 0.15) is 0 Å². The van der Waals surface area contributed by atoms with Crippen molar-refractivity contribution in [2.45, 2.75) is 6.61 Å². The molecule has 2 aromatic rings. The van der Waals surface area contributed by atoms with Gasteiger partial charge in [0.15, 0.2) is 11.6 Å². The molecular formula is C10H6F3NO2. The lowest BCUT2D eigenvalue weighted by molar-refractivity contribution is -0.0512. The molecular weight excluding hydrogens is 223 g/mol. The SMILES string of the molecule is Oc1ccnc2c(OC(F)F)c(F)ccc12. The van der Waals surface area contributed by atoms with Crippen molar-refractivity contribution in [1.82, 2.24) is 4.98 Å². The van der Waals surface area contributed by atoms with Gasteiger partial charge in [-0.1, -0.05) is 0 Å². The second kappa shape index (κ2) is 3.88. The van der Waals surface area contributed by atoms with Gasteiger partial charge in [0.2, 0.25) is 0 Å². The van der Waals surface area contributed by atoms with E-state index in [2.05, 4.69) is 9.72 Å². The average Bonchev–Trinajstić information content (AvgIpc) is 2.22. The van der Waals surface area contributed by atoms with E-state index < -0.39 is 18.2 Å². The zero-order chi connectivity index (χ0) is 11.7. The van der Waals surface area contributed by atoms with Crippen molar-refractivity contribution in [3.8, 4) is 11.5 Å². The van der Waals surface area contributed by atoms with E-state index in [-0.39, 0.29) is 16.7 Å². The number of rotatable bonds is 2. The van der Waals surface area contributed by atoms with Crippen LogP contribution >= 0.6 is 0 Å². The molecule has 1 N–H and O–H groups in total. The standard InChI is InChI=1S/C10H6F3NO2/c11-6-2-1-5-7(15)3-4-14-8(5)9(6)16-10(12)13/h1-4,10H,(H,14,15). The number of alkyl halides is 2. The molecule has 0 saturated carbocycles. The van der Waals surface area contributed by atoms with E-state index in [9.17, 15) is 18.3 Å². The van der Waals surface area contributed by atoms with Crippen LogP contribution in [0.25, 0.3) is 10.9 Å². The van der Waals surface area contributed by atoms with Gasteiger partial charge in [-0.25, -0.2) is 4.39 Å². The number of aromatic nitrogens is 1. The summed E-state index contributed by atoms with van der Waals surface area (Å²) in [6.45, 7) is -3.15. The van der Waals surface area contributed by atoms with Gasteiger partial charge in [-0.05, 0) is 18.2 Å². The minimum atomic E-state index is -3.15. The first-order chi connectivity index (χ1) is 7.59. The summed E-state index contributed by atoms with van der Waals surface area (Å²) in [6, 6.07) is 3.44. The molecule has 16 heavy (non-hydrogen) atoms. The topological polar surface area (TPSA) is 42.4 Å². The van der Waals surface area contributed by atoms with Crippen LogP contribution in [0, 0.1) is 5.82 Å². The van der Waals surface area contributed by atoms with Crippen molar-refractivity contribution in [2.75, 3.05) is 0 Å². The lowest BCUT2D eigenvalue weighted by atomic mass is 10.2. The molecule has 0 atom stereocenters. The first kappa shape index (κ1) is 10.5. The van der Waals surface area contributed by atoms with E-state index in [1.165, 1.54) is 18.3 Å². The van der Waals surface area contributed by atoms with Crippen LogP contribution in [0.5, 0.6) is 11.5 Å². The quantitative estimate of drug-likeness (QED) is 0.860. The monoisotopic (exact) mass is 229 g/mol. The molecule has 0 saturated heterocycles. The minimum absolute atomic E-state index is 0.139. The molecule has 0 unspecified atom stereocenters. The second-order valence-electron chi connectivity index (χ2n) is 2.98.